The Kier molecular flexibility index (Phi) is 3.67. The van der Waals surface area contributed by atoms with Crippen molar-refractivity contribution in [2.45, 2.75) is 13.3 Å². The van der Waals surface area contributed by atoms with E-state index in [0.717, 1.165) is 6.07 Å². The Hall–Kier alpha value is -2.29. The molecule has 0 unspecified atom stereocenters. The van der Waals surface area contributed by atoms with E-state index >= 15 is 0 Å². The molecule has 16 heavy (non-hydrogen) atoms. The highest BCUT2D eigenvalue weighted by Crippen LogP contribution is 2.15. The van der Waals surface area contributed by atoms with Gasteiger partial charge in [-0.25, -0.2) is 0 Å². The molecule has 0 saturated carbocycles. The Labute approximate surface area is 91.1 Å². The molecule has 0 amide bonds. The molecule has 1 aromatic rings. The Morgan fingerprint density at radius 1 is 1.69 bits per heavy atom. The number of carbonyl (C=O) groups is 1. The van der Waals surface area contributed by atoms with Crippen LogP contribution in [-0.4, -0.2) is 22.7 Å². The topological polar surface area (TPSA) is 103 Å². The molecule has 6 heteroatoms. The fourth-order valence-electron chi connectivity index (χ4n) is 1.23. The number of rotatable bonds is 3. The lowest BCUT2D eigenvalue weighted by Gasteiger charge is -2.04. The Balaban J connectivity index is 3.09. The Bertz CT molecular complexity index is 499. The minimum atomic E-state index is -0.573. The lowest BCUT2D eigenvalue weighted by atomic mass is 10.1. The first-order valence-corrected chi connectivity index (χ1v) is 4.59. The number of nitrogens with zero attached hydrogens (tertiary/aromatic N) is 1. The molecule has 0 aliphatic carbocycles. The number of nitriles is 1. The first kappa shape index (κ1) is 11.8. The number of aromatic hydroxyl groups is 1. The van der Waals surface area contributed by atoms with Gasteiger partial charge in [-0.05, 0) is 12.5 Å². The SMILES string of the molecule is CCOC(=O)Cc1cc(=O)[nH]c(O)c1C#N. The Morgan fingerprint density at radius 3 is 2.94 bits per heavy atom. The van der Waals surface area contributed by atoms with Crippen LogP contribution in [0.5, 0.6) is 5.88 Å². The van der Waals surface area contributed by atoms with Crippen LogP contribution in [0.3, 0.4) is 0 Å². The molecule has 0 fully saturated rings. The molecule has 0 aliphatic heterocycles. The number of aromatic amines is 1. The average Bonchev–Trinajstić information content (AvgIpc) is 2.17. The van der Waals surface area contributed by atoms with Gasteiger partial charge >= 0.3 is 5.97 Å². The zero-order valence-corrected chi connectivity index (χ0v) is 8.61. The third-order valence-electron chi connectivity index (χ3n) is 1.86. The monoisotopic (exact) mass is 222 g/mol. The number of hydrogen-bond donors (Lipinski definition) is 2. The largest absolute Gasteiger partial charge is 0.494 e. The molecule has 0 aromatic carbocycles. The smallest absolute Gasteiger partial charge is 0.310 e. The van der Waals surface area contributed by atoms with Gasteiger partial charge < -0.3 is 9.84 Å². The molecule has 0 aliphatic rings. The molecular formula is C10H10N2O4. The lowest BCUT2D eigenvalue weighted by molar-refractivity contribution is -0.142. The normalized spacial score (nSPS) is 9.50. The van der Waals surface area contributed by atoms with Crippen LogP contribution < -0.4 is 5.56 Å². The highest BCUT2D eigenvalue weighted by Gasteiger charge is 2.13. The number of esters is 1. The molecular weight excluding hydrogens is 212 g/mol. The number of hydrogen-bond acceptors (Lipinski definition) is 5. The molecule has 1 rings (SSSR count). The molecule has 0 bridgehead atoms. The van der Waals surface area contributed by atoms with E-state index in [9.17, 15) is 14.7 Å². The van der Waals surface area contributed by atoms with E-state index in [1.54, 1.807) is 13.0 Å². The molecule has 1 aromatic heterocycles. The lowest BCUT2D eigenvalue weighted by Crippen LogP contribution is -2.13. The highest BCUT2D eigenvalue weighted by atomic mass is 16.5. The zero-order chi connectivity index (χ0) is 12.1. The standard InChI is InChI=1S/C10H10N2O4/c1-2-16-9(14)4-6-3-8(13)12-10(15)7(6)5-11/h3H,2,4H2,1H3,(H2,12,13,15). The second-order valence-electron chi connectivity index (χ2n) is 2.98. The maximum atomic E-state index is 11.2. The molecule has 2 N–H and O–H groups in total. The number of carbonyl (C=O) groups excluding carboxylic acids is 1. The highest BCUT2D eigenvalue weighted by molar-refractivity contribution is 5.73. The second kappa shape index (κ2) is 4.98. The van der Waals surface area contributed by atoms with Crippen LogP contribution in [0.2, 0.25) is 0 Å². The summed E-state index contributed by atoms with van der Waals surface area (Å²) in [4.78, 5) is 24.3. The van der Waals surface area contributed by atoms with Gasteiger partial charge in [0.15, 0.2) is 0 Å². The maximum Gasteiger partial charge on any atom is 0.310 e. The summed E-state index contributed by atoms with van der Waals surface area (Å²) < 4.78 is 4.68. The van der Waals surface area contributed by atoms with Gasteiger partial charge in [-0.2, -0.15) is 5.26 Å². The zero-order valence-electron chi connectivity index (χ0n) is 8.61. The van der Waals surface area contributed by atoms with Gasteiger partial charge in [-0.3, -0.25) is 14.6 Å². The van der Waals surface area contributed by atoms with Crippen LogP contribution in [0.4, 0.5) is 0 Å². The fourth-order valence-corrected chi connectivity index (χ4v) is 1.23. The fraction of sp³-hybridized carbons (Fsp3) is 0.300. The molecule has 0 atom stereocenters. The molecule has 0 radical (unpaired) electrons. The van der Waals surface area contributed by atoms with Crippen LogP contribution in [-0.2, 0) is 16.0 Å². The quantitative estimate of drug-likeness (QED) is 0.704. The van der Waals surface area contributed by atoms with Crippen molar-refractivity contribution in [1.82, 2.24) is 4.98 Å². The number of H-pyrrole nitrogens is 1. The summed E-state index contributed by atoms with van der Waals surface area (Å²) in [6.07, 6.45) is -0.214. The van der Waals surface area contributed by atoms with Crippen molar-refractivity contribution in [2.75, 3.05) is 6.61 Å². The van der Waals surface area contributed by atoms with Crippen LogP contribution in [0.1, 0.15) is 18.1 Å². The van der Waals surface area contributed by atoms with Crippen molar-refractivity contribution in [2.24, 2.45) is 0 Å². The summed E-state index contributed by atoms with van der Waals surface area (Å²) in [6.45, 7) is 1.87. The van der Waals surface area contributed by atoms with Crippen molar-refractivity contribution >= 4 is 5.97 Å². The summed E-state index contributed by atoms with van der Waals surface area (Å²) in [7, 11) is 0. The average molecular weight is 222 g/mol. The second-order valence-corrected chi connectivity index (χ2v) is 2.98. The Morgan fingerprint density at radius 2 is 2.38 bits per heavy atom. The van der Waals surface area contributed by atoms with Crippen LogP contribution in [0.25, 0.3) is 0 Å². The number of nitrogens with one attached hydrogen (secondary N) is 1. The molecule has 1 heterocycles. The van der Waals surface area contributed by atoms with Crippen molar-refractivity contribution in [3.05, 3.63) is 27.5 Å². The van der Waals surface area contributed by atoms with Crippen LogP contribution >= 0.6 is 0 Å². The van der Waals surface area contributed by atoms with E-state index < -0.39 is 17.4 Å². The molecule has 84 valence electrons. The van der Waals surface area contributed by atoms with Crippen molar-refractivity contribution < 1.29 is 14.6 Å². The van der Waals surface area contributed by atoms with E-state index in [1.165, 1.54) is 0 Å². The summed E-state index contributed by atoms with van der Waals surface area (Å²) in [5.74, 6) is -1.08. The minimum Gasteiger partial charge on any atom is -0.494 e. The molecule has 0 saturated heterocycles. The van der Waals surface area contributed by atoms with Gasteiger partial charge in [-0.15, -0.1) is 0 Å². The van der Waals surface area contributed by atoms with Gasteiger partial charge in [0, 0.05) is 6.07 Å². The summed E-state index contributed by atoms with van der Waals surface area (Å²) in [6, 6.07) is 2.80. The van der Waals surface area contributed by atoms with Crippen LogP contribution in [0.15, 0.2) is 10.9 Å². The minimum absolute atomic E-state index is 0.118. The van der Waals surface area contributed by atoms with Crippen molar-refractivity contribution in [3.63, 3.8) is 0 Å². The van der Waals surface area contributed by atoms with Gasteiger partial charge in [0.2, 0.25) is 5.88 Å². The maximum absolute atomic E-state index is 11.2. The summed E-state index contributed by atoms with van der Waals surface area (Å²) >= 11 is 0. The van der Waals surface area contributed by atoms with E-state index in [2.05, 4.69) is 9.72 Å². The third kappa shape index (κ3) is 2.60. The van der Waals surface area contributed by atoms with Gasteiger partial charge in [0.25, 0.3) is 5.56 Å². The van der Waals surface area contributed by atoms with E-state index in [1.807, 2.05) is 0 Å². The predicted octanol–water partition coefficient (Wildman–Crippen LogP) is 0.0578. The van der Waals surface area contributed by atoms with E-state index in [4.69, 9.17) is 5.26 Å². The van der Waals surface area contributed by atoms with E-state index in [0.29, 0.717) is 0 Å². The molecule has 6 nitrogen and oxygen atoms in total. The van der Waals surface area contributed by atoms with E-state index in [-0.39, 0.29) is 24.2 Å². The van der Waals surface area contributed by atoms with Crippen molar-refractivity contribution in [3.8, 4) is 11.9 Å². The number of pyridine rings is 1. The summed E-state index contributed by atoms with van der Waals surface area (Å²) in [5, 5.41) is 18.0. The van der Waals surface area contributed by atoms with Crippen molar-refractivity contribution in [1.29, 1.82) is 5.26 Å². The first-order chi connectivity index (χ1) is 7.58. The number of aromatic nitrogens is 1. The summed E-state index contributed by atoms with van der Waals surface area (Å²) in [5.41, 5.74) is -0.536. The van der Waals surface area contributed by atoms with Gasteiger partial charge in [-0.1, -0.05) is 0 Å². The molecule has 0 spiro atoms. The van der Waals surface area contributed by atoms with Crippen LogP contribution in [0, 0.1) is 11.3 Å². The number of ether oxygens (including phenoxy) is 1. The first-order valence-electron chi connectivity index (χ1n) is 4.59. The van der Waals surface area contributed by atoms with Gasteiger partial charge in [0.1, 0.15) is 11.6 Å². The third-order valence-corrected chi connectivity index (χ3v) is 1.86. The van der Waals surface area contributed by atoms with Gasteiger partial charge in [0.05, 0.1) is 13.0 Å². The predicted molar refractivity (Wildman–Crippen MR) is 53.8 cm³/mol.